The van der Waals surface area contributed by atoms with E-state index in [-0.39, 0.29) is 35.5 Å². The Hall–Kier alpha value is -1.12. The first-order valence-corrected chi connectivity index (χ1v) is 8.50. The Balaban J connectivity index is 1.93. The van der Waals surface area contributed by atoms with E-state index in [0.29, 0.717) is 4.47 Å². The Labute approximate surface area is 126 Å². The SMILES string of the molecule is Nc1ccc(Br)cc1S(=O)(=O)NCCC(=O)NC1CC1. The van der Waals surface area contributed by atoms with Crippen LogP contribution in [0.2, 0.25) is 0 Å². The molecule has 0 radical (unpaired) electrons. The Kier molecular flexibility index (Phi) is 4.66. The lowest BCUT2D eigenvalue weighted by Gasteiger charge is -2.09. The van der Waals surface area contributed by atoms with E-state index in [1.54, 1.807) is 6.07 Å². The first-order chi connectivity index (χ1) is 9.38. The van der Waals surface area contributed by atoms with Gasteiger partial charge in [-0.05, 0) is 31.0 Å². The van der Waals surface area contributed by atoms with Crippen LogP contribution in [0.1, 0.15) is 19.3 Å². The molecule has 0 aliphatic heterocycles. The summed E-state index contributed by atoms with van der Waals surface area (Å²) >= 11 is 3.20. The molecule has 0 saturated heterocycles. The van der Waals surface area contributed by atoms with Gasteiger partial charge < -0.3 is 11.1 Å². The summed E-state index contributed by atoms with van der Waals surface area (Å²) in [6.45, 7) is 0.0485. The van der Waals surface area contributed by atoms with Crippen molar-refractivity contribution in [2.24, 2.45) is 0 Å². The fourth-order valence-electron chi connectivity index (χ4n) is 1.65. The first-order valence-electron chi connectivity index (χ1n) is 6.22. The van der Waals surface area contributed by atoms with Crippen molar-refractivity contribution in [3.05, 3.63) is 22.7 Å². The van der Waals surface area contributed by atoms with Crippen LogP contribution in [-0.4, -0.2) is 26.9 Å². The predicted octanol–water partition coefficient (Wildman–Crippen LogP) is 0.978. The number of hydrogen-bond donors (Lipinski definition) is 3. The number of hydrogen-bond acceptors (Lipinski definition) is 4. The van der Waals surface area contributed by atoms with Crippen LogP contribution in [0.4, 0.5) is 5.69 Å². The summed E-state index contributed by atoms with van der Waals surface area (Å²) in [5.74, 6) is -0.141. The van der Waals surface area contributed by atoms with Crippen LogP contribution in [0.5, 0.6) is 0 Å². The van der Waals surface area contributed by atoms with Gasteiger partial charge in [0.1, 0.15) is 4.90 Å². The molecule has 6 nitrogen and oxygen atoms in total. The minimum atomic E-state index is -3.71. The van der Waals surface area contributed by atoms with Gasteiger partial charge in [0.15, 0.2) is 0 Å². The number of carbonyl (C=O) groups is 1. The maximum absolute atomic E-state index is 12.1. The van der Waals surface area contributed by atoms with Gasteiger partial charge in [0.25, 0.3) is 0 Å². The number of amides is 1. The average Bonchev–Trinajstić information content (AvgIpc) is 3.15. The Morgan fingerprint density at radius 3 is 2.75 bits per heavy atom. The third-order valence-electron chi connectivity index (χ3n) is 2.85. The summed E-state index contributed by atoms with van der Waals surface area (Å²) in [6, 6.07) is 4.89. The second-order valence-electron chi connectivity index (χ2n) is 4.67. The number of nitrogens with one attached hydrogen (secondary N) is 2. The summed E-state index contributed by atoms with van der Waals surface area (Å²) in [5, 5.41) is 2.79. The van der Waals surface area contributed by atoms with E-state index in [1.165, 1.54) is 12.1 Å². The van der Waals surface area contributed by atoms with Crippen LogP contribution >= 0.6 is 15.9 Å². The summed E-state index contributed by atoms with van der Waals surface area (Å²) in [4.78, 5) is 11.5. The highest BCUT2D eigenvalue weighted by molar-refractivity contribution is 9.10. The normalized spacial score (nSPS) is 15.1. The van der Waals surface area contributed by atoms with Crippen molar-refractivity contribution in [3.8, 4) is 0 Å². The number of benzene rings is 1. The molecule has 0 spiro atoms. The standard InChI is InChI=1S/C12H16BrN3O3S/c13-8-1-4-10(14)11(7-8)20(18,19)15-6-5-12(17)16-9-2-3-9/h1,4,7,9,15H,2-3,5-6,14H2,(H,16,17). The molecular weight excluding hydrogens is 346 g/mol. The van der Waals surface area contributed by atoms with Crippen molar-refractivity contribution < 1.29 is 13.2 Å². The number of halogens is 1. The van der Waals surface area contributed by atoms with Crippen molar-refractivity contribution in [1.29, 1.82) is 0 Å². The first kappa shape index (κ1) is 15.3. The number of sulfonamides is 1. The number of nitrogen functional groups attached to an aromatic ring is 1. The summed E-state index contributed by atoms with van der Waals surface area (Å²) in [5.41, 5.74) is 5.83. The number of rotatable bonds is 6. The molecule has 1 aliphatic rings. The fourth-order valence-corrected chi connectivity index (χ4v) is 3.34. The van der Waals surface area contributed by atoms with E-state index >= 15 is 0 Å². The van der Waals surface area contributed by atoms with Crippen LogP contribution in [0, 0.1) is 0 Å². The molecule has 0 heterocycles. The van der Waals surface area contributed by atoms with E-state index in [1.807, 2.05) is 0 Å². The van der Waals surface area contributed by atoms with Gasteiger partial charge in [-0.1, -0.05) is 15.9 Å². The zero-order valence-electron chi connectivity index (χ0n) is 10.7. The molecule has 8 heteroatoms. The Morgan fingerprint density at radius 1 is 1.40 bits per heavy atom. The van der Waals surface area contributed by atoms with Crippen LogP contribution in [0.3, 0.4) is 0 Å². The highest BCUT2D eigenvalue weighted by Crippen LogP contribution is 2.22. The number of nitrogens with two attached hydrogens (primary N) is 1. The zero-order valence-corrected chi connectivity index (χ0v) is 13.1. The highest BCUT2D eigenvalue weighted by atomic mass is 79.9. The molecule has 20 heavy (non-hydrogen) atoms. The second-order valence-corrected chi connectivity index (χ2v) is 7.32. The maximum Gasteiger partial charge on any atom is 0.242 e. The fraction of sp³-hybridized carbons (Fsp3) is 0.417. The Morgan fingerprint density at radius 2 is 2.10 bits per heavy atom. The molecule has 1 fully saturated rings. The van der Waals surface area contributed by atoms with Crippen LogP contribution in [-0.2, 0) is 14.8 Å². The molecule has 110 valence electrons. The molecule has 0 unspecified atom stereocenters. The monoisotopic (exact) mass is 361 g/mol. The molecule has 1 aliphatic carbocycles. The molecule has 0 aromatic heterocycles. The van der Waals surface area contributed by atoms with Gasteiger partial charge >= 0.3 is 0 Å². The van der Waals surface area contributed by atoms with Gasteiger partial charge in [0, 0.05) is 23.5 Å². The van der Waals surface area contributed by atoms with Crippen LogP contribution in [0.25, 0.3) is 0 Å². The van der Waals surface area contributed by atoms with Crippen molar-refractivity contribution in [1.82, 2.24) is 10.0 Å². The lowest BCUT2D eigenvalue weighted by Crippen LogP contribution is -2.32. The van der Waals surface area contributed by atoms with E-state index in [4.69, 9.17) is 5.73 Å². The molecule has 1 amide bonds. The third kappa shape index (κ3) is 4.19. The Bertz CT molecular complexity index is 614. The van der Waals surface area contributed by atoms with Gasteiger partial charge in [0.2, 0.25) is 15.9 Å². The van der Waals surface area contributed by atoms with Crippen molar-refractivity contribution >= 4 is 37.5 Å². The minimum absolute atomic E-state index is 0.00877. The number of anilines is 1. The maximum atomic E-state index is 12.1. The van der Waals surface area contributed by atoms with E-state index in [2.05, 4.69) is 26.0 Å². The zero-order chi connectivity index (χ0) is 14.8. The van der Waals surface area contributed by atoms with Crippen LogP contribution in [0.15, 0.2) is 27.6 Å². The molecule has 1 aromatic rings. The molecule has 1 saturated carbocycles. The van der Waals surface area contributed by atoms with E-state index in [9.17, 15) is 13.2 Å². The smallest absolute Gasteiger partial charge is 0.242 e. The van der Waals surface area contributed by atoms with Gasteiger partial charge in [-0.15, -0.1) is 0 Å². The van der Waals surface area contributed by atoms with E-state index < -0.39 is 10.0 Å². The topological polar surface area (TPSA) is 101 Å². The third-order valence-corrected chi connectivity index (χ3v) is 4.86. The summed E-state index contributed by atoms with van der Waals surface area (Å²) in [6.07, 6.45) is 2.13. The molecule has 2 rings (SSSR count). The minimum Gasteiger partial charge on any atom is -0.398 e. The predicted molar refractivity (Wildman–Crippen MR) is 79.5 cm³/mol. The van der Waals surface area contributed by atoms with Gasteiger partial charge in [-0.3, -0.25) is 4.79 Å². The second kappa shape index (κ2) is 6.11. The van der Waals surface area contributed by atoms with Crippen molar-refractivity contribution in [2.45, 2.75) is 30.2 Å². The average molecular weight is 362 g/mol. The van der Waals surface area contributed by atoms with E-state index in [0.717, 1.165) is 12.8 Å². The molecule has 4 N–H and O–H groups in total. The van der Waals surface area contributed by atoms with Gasteiger partial charge in [0.05, 0.1) is 5.69 Å². The number of carbonyl (C=O) groups excluding carboxylic acids is 1. The van der Waals surface area contributed by atoms with Crippen molar-refractivity contribution in [3.63, 3.8) is 0 Å². The lowest BCUT2D eigenvalue weighted by molar-refractivity contribution is -0.121. The van der Waals surface area contributed by atoms with Gasteiger partial charge in [-0.2, -0.15) is 0 Å². The molecule has 0 bridgehead atoms. The quantitative estimate of drug-likeness (QED) is 0.657. The summed E-state index contributed by atoms with van der Waals surface area (Å²) in [7, 11) is -3.71. The largest absolute Gasteiger partial charge is 0.398 e. The highest BCUT2D eigenvalue weighted by Gasteiger charge is 2.23. The molecular formula is C12H16BrN3O3S. The van der Waals surface area contributed by atoms with Gasteiger partial charge in [-0.25, -0.2) is 13.1 Å². The molecule has 0 atom stereocenters. The van der Waals surface area contributed by atoms with Crippen LogP contribution < -0.4 is 15.8 Å². The summed E-state index contributed by atoms with van der Waals surface area (Å²) < 4.78 is 27.2. The molecule has 1 aromatic carbocycles. The lowest BCUT2D eigenvalue weighted by atomic mass is 10.3. The van der Waals surface area contributed by atoms with Crippen molar-refractivity contribution in [2.75, 3.05) is 12.3 Å².